The van der Waals surface area contributed by atoms with E-state index in [0.717, 1.165) is 25.7 Å². The predicted octanol–water partition coefficient (Wildman–Crippen LogP) is 3.60. The lowest BCUT2D eigenvalue weighted by Gasteiger charge is -2.33. The number of aromatic nitrogens is 1. The molecule has 130 valence electrons. The van der Waals surface area contributed by atoms with Crippen LogP contribution in [0, 0.1) is 17.6 Å². The van der Waals surface area contributed by atoms with E-state index in [4.69, 9.17) is 4.42 Å². The number of benzene rings is 1. The Morgan fingerprint density at radius 2 is 1.88 bits per heavy atom. The molecule has 6 heteroatoms. The number of nitrogens with zero attached hydrogens (tertiary/aromatic N) is 2. The lowest BCUT2D eigenvalue weighted by atomic mass is 9.86. The van der Waals surface area contributed by atoms with E-state index in [1.165, 1.54) is 24.5 Å². The number of hydrogen-bond donors (Lipinski definition) is 1. The van der Waals surface area contributed by atoms with E-state index in [-0.39, 0.29) is 18.1 Å². The first-order chi connectivity index (χ1) is 11.6. The lowest BCUT2D eigenvalue weighted by Crippen LogP contribution is -2.35. The van der Waals surface area contributed by atoms with Gasteiger partial charge in [0.05, 0.1) is 5.69 Å². The smallest absolute Gasteiger partial charge is 0.232 e. The number of hydrogen-bond acceptors (Lipinski definition) is 4. The monoisotopic (exact) mass is 336 g/mol. The van der Waals surface area contributed by atoms with E-state index in [2.05, 4.69) is 9.88 Å². The van der Waals surface area contributed by atoms with Crippen molar-refractivity contribution in [2.75, 3.05) is 13.7 Å². The maximum absolute atomic E-state index is 13.8. The fraction of sp³-hybridized carbons (Fsp3) is 0.500. The van der Waals surface area contributed by atoms with E-state index in [9.17, 15) is 13.9 Å². The molecule has 0 atom stereocenters. The van der Waals surface area contributed by atoms with Crippen molar-refractivity contribution in [1.29, 1.82) is 0 Å². The Labute approximate surface area is 140 Å². The summed E-state index contributed by atoms with van der Waals surface area (Å²) in [5.41, 5.74) is 0.425. The molecule has 0 aliphatic heterocycles. The van der Waals surface area contributed by atoms with Gasteiger partial charge in [0.2, 0.25) is 5.89 Å². The SMILES string of the molecule is CN(Cc1coc(-c2c(F)cccc2F)n1)C1CCC(CO)CC1. The van der Waals surface area contributed by atoms with Crippen molar-refractivity contribution < 1.29 is 18.3 Å². The molecule has 1 aliphatic carbocycles. The Bertz CT molecular complexity index is 661. The number of aliphatic hydroxyl groups is 1. The maximum atomic E-state index is 13.8. The zero-order chi connectivity index (χ0) is 17.1. The molecule has 2 aromatic rings. The minimum absolute atomic E-state index is 0.0296. The Hall–Kier alpha value is -1.79. The van der Waals surface area contributed by atoms with E-state index in [1.807, 2.05) is 7.05 Å². The molecule has 1 N–H and O–H groups in total. The van der Waals surface area contributed by atoms with Crippen LogP contribution < -0.4 is 0 Å². The van der Waals surface area contributed by atoms with E-state index in [1.54, 1.807) is 0 Å². The second-order valence-corrected chi connectivity index (χ2v) is 6.51. The first-order valence-corrected chi connectivity index (χ1v) is 8.28. The van der Waals surface area contributed by atoms with Crippen LogP contribution in [0.15, 0.2) is 28.9 Å². The molecular weight excluding hydrogens is 314 g/mol. The van der Waals surface area contributed by atoms with Gasteiger partial charge in [-0.05, 0) is 50.8 Å². The standard InChI is InChI=1S/C18H22F2N2O2/c1-22(14-7-5-12(10-23)6-8-14)9-13-11-24-18(21-13)17-15(19)3-2-4-16(17)20/h2-4,11-12,14,23H,5-10H2,1H3. The minimum Gasteiger partial charge on any atom is -0.444 e. The fourth-order valence-electron chi connectivity index (χ4n) is 3.35. The summed E-state index contributed by atoms with van der Waals surface area (Å²) in [5, 5.41) is 9.21. The first kappa shape index (κ1) is 17.0. The predicted molar refractivity (Wildman–Crippen MR) is 86.2 cm³/mol. The third kappa shape index (κ3) is 3.65. The number of aliphatic hydroxyl groups excluding tert-OH is 1. The Morgan fingerprint density at radius 3 is 2.50 bits per heavy atom. The zero-order valence-electron chi connectivity index (χ0n) is 13.7. The highest BCUT2D eigenvalue weighted by Crippen LogP contribution is 2.28. The van der Waals surface area contributed by atoms with Crippen molar-refractivity contribution in [2.45, 2.75) is 38.3 Å². The summed E-state index contributed by atoms with van der Waals surface area (Å²) in [7, 11) is 2.02. The molecule has 1 aliphatic rings. The lowest BCUT2D eigenvalue weighted by molar-refractivity contribution is 0.123. The molecular formula is C18H22F2N2O2. The van der Waals surface area contributed by atoms with Crippen LogP contribution >= 0.6 is 0 Å². The van der Waals surface area contributed by atoms with E-state index in [0.29, 0.717) is 24.2 Å². The third-order valence-corrected chi connectivity index (χ3v) is 4.84. The summed E-state index contributed by atoms with van der Waals surface area (Å²) in [6.45, 7) is 0.825. The summed E-state index contributed by atoms with van der Waals surface area (Å²) in [5.74, 6) is -0.978. The zero-order valence-corrected chi connectivity index (χ0v) is 13.7. The fourth-order valence-corrected chi connectivity index (χ4v) is 3.35. The maximum Gasteiger partial charge on any atom is 0.232 e. The van der Waals surface area contributed by atoms with Gasteiger partial charge in [0.1, 0.15) is 23.5 Å². The summed E-state index contributed by atoms with van der Waals surface area (Å²) in [4.78, 5) is 6.43. The van der Waals surface area contributed by atoms with Gasteiger partial charge in [-0.25, -0.2) is 13.8 Å². The van der Waals surface area contributed by atoms with Crippen LogP contribution in [0.1, 0.15) is 31.4 Å². The van der Waals surface area contributed by atoms with Gasteiger partial charge in [0.25, 0.3) is 0 Å². The average molecular weight is 336 g/mol. The van der Waals surface area contributed by atoms with Crippen LogP contribution in [0.2, 0.25) is 0 Å². The largest absolute Gasteiger partial charge is 0.444 e. The number of rotatable bonds is 5. The average Bonchev–Trinajstić information content (AvgIpc) is 3.03. The van der Waals surface area contributed by atoms with Gasteiger partial charge in [-0.15, -0.1) is 0 Å². The van der Waals surface area contributed by atoms with Crippen molar-refractivity contribution in [3.63, 3.8) is 0 Å². The molecule has 1 heterocycles. The highest BCUT2D eigenvalue weighted by molar-refractivity contribution is 5.55. The van der Waals surface area contributed by atoms with Gasteiger partial charge in [0.15, 0.2) is 0 Å². The van der Waals surface area contributed by atoms with Crippen molar-refractivity contribution in [3.8, 4) is 11.5 Å². The van der Waals surface area contributed by atoms with Crippen molar-refractivity contribution >= 4 is 0 Å². The number of oxazole rings is 1. The van der Waals surface area contributed by atoms with Gasteiger partial charge in [-0.1, -0.05) is 6.07 Å². The van der Waals surface area contributed by atoms with E-state index >= 15 is 0 Å². The summed E-state index contributed by atoms with van der Waals surface area (Å²) in [6, 6.07) is 4.12. The topological polar surface area (TPSA) is 49.5 Å². The molecule has 1 saturated carbocycles. The second-order valence-electron chi connectivity index (χ2n) is 6.51. The van der Waals surface area contributed by atoms with Crippen LogP contribution in [0.5, 0.6) is 0 Å². The van der Waals surface area contributed by atoms with Gasteiger partial charge in [0, 0.05) is 19.2 Å². The minimum atomic E-state index is -0.681. The number of halogens is 2. The van der Waals surface area contributed by atoms with Crippen LogP contribution in [-0.2, 0) is 6.54 Å². The van der Waals surface area contributed by atoms with E-state index < -0.39 is 11.6 Å². The van der Waals surface area contributed by atoms with Crippen molar-refractivity contribution in [3.05, 3.63) is 41.8 Å². The van der Waals surface area contributed by atoms with Crippen molar-refractivity contribution in [2.24, 2.45) is 5.92 Å². The molecule has 1 aromatic carbocycles. The van der Waals surface area contributed by atoms with Crippen LogP contribution in [0.4, 0.5) is 8.78 Å². The Kier molecular flexibility index (Phi) is 5.26. The third-order valence-electron chi connectivity index (χ3n) is 4.84. The molecule has 0 bridgehead atoms. The molecule has 3 rings (SSSR count). The molecule has 24 heavy (non-hydrogen) atoms. The highest BCUT2D eigenvalue weighted by Gasteiger charge is 2.24. The van der Waals surface area contributed by atoms with Gasteiger partial charge >= 0.3 is 0 Å². The molecule has 0 spiro atoms. The molecule has 0 amide bonds. The Balaban J connectivity index is 1.66. The van der Waals surface area contributed by atoms with Gasteiger partial charge in [-0.2, -0.15) is 0 Å². The first-order valence-electron chi connectivity index (χ1n) is 8.28. The normalized spacial score (nSPS) is 21.4. The van der Waals surface area contributed by atoms with Crippen LogP contribution in [0.3, 0.4) is 0 Å². The van der Waals surface area contributed by atoms with Crippen molar-refractivity contribution in [1.82, 2.24) is 9.88 Å². The molecule has 1 fully saturated rings. The van der Waals surface area contributed by atoms with Crippen LogP contribution in [-0.4, -0.2) is 34.7 Å². The van der Waals surface area contributed by atoms with Gasteiger partial charge < -0.3 is 9.52 Å². The molecule has 0 saturated heterocycles. The molecule has 4 nitrogen and oxygen atoms in total. The quantitative estimate of drug-likeness (QED) is 0.906. The highest BCUT2D eigenvalue weighted by atomic mass is 19.1. The molecule has 0 radical (unpaired) electrons. The van der Waals surface area contributed by atoms with Gasteiger partial charge in [-0.3, -0.25) is 4.90 Å². The summed E-state index contributed by atoms with van der Waals surface area (Å²) < 4.78 is 32.9. The second kappa shape index (κ2) is 7.40. The Morgan fingerprint density at radius 1 is 1.21 bits per heavy atom. The summed E-state index contributed by atoms with van der Waals surface area (Å²) >= 11 is 0. The molecule has 0 unspecified atom stereocenters. The summed E-state index contributed by atoms with van der Waals surface area (Å²) in [6.07, 6.45) is 5.58. The molecule has 1 aromatic heterocycles. The van der Waals surface area contributed by atoms with Crippen LogP contribution in [0.25, 0.3) is 11.5 Å².